The van der Waals surface area contributed by atoms with Crippen molar-refractivity contribution < 1.29 is 18.6 Å². The molecule has 1 aromatic carbocycles. The molecule has 0 aliphatic rings. The topological polar surface area (TPSA) is 77.2 Å². The van der Waals surface area contributed by atoms with Crippen molar-refractivity contribution in [2.45, 2.75) is 18.1 Å². The molecule has 0 spiro atoms. The van der Waals surface area contributed by atoms with Crippen molar-refractivity contribution in [3.63, 3.8) is 0 Å². The number of halogens is 2. The Morgan fingerprint density at radius 1 is 1.27 bits per heavy atom. The largest absolute Gasteiger partial charge is 0.448 e. The fraction of sp³-hybridized carbons (Fsp3) is 0.235. The number of aromatic nitrogens is 3. The molecule has 0 aliphatic heterocycles. The monoisotopic (exact) mass is 379 g/mol. The highest BCUT2D eigenvalue weighted by Crippen LogP contribution is 2.25. The number of hydrogen-bond acceptors (Lipinski definition) is 6. The zero-order chi connectivity index (χ0) is 18.7. The molecule has 26 heavy (non-hydrogen) atoms. The summed E-state index contributed by atoms with van der Waals surface area (Å²) in [5.74, 6) is -2.06. The molecule has 3 rings (SSSR count). The average Bonchev–Trinajstić information content (AvgIpc) is 2.63. The number of ether oxygens (including phenoxy) is 1. The Morgan fingerprint density at radius 2 is 2.08 bits per heavy atom. The summed E-state index contributed by atoms with van der Waals surface area (Å²) in [5, 5.41) is 10.1. The standard InChI is InChI=1S/C17H15F2N3O3S/c1-26-17-20-9-10-7-14(25-13-4-3-11(18)8-12(13)19)16(24)22(5-2-6-23)15(10)21-17/h3-4,7-9,23H,2,5-6H2,1H3. The van der Waals surface area contributed by atoms with E-state index in [0.717, 1.165) is 12.1 Å². The third-order valence-electron chi connectivity index (χ3n) is 3.61. The predicted molar refractivity (Wildman–Crippen MR) is 93.7 cm³/mol. The number of aliphatic hydroxyl groups excluding tert-OH is 1. The average molecular weight is 379 g/mol. The molecular formula is C17H15F2N3O3S. The van der Waals surface area contributed by atoms with Gasteiger partial charge in [-0.05, 0) is 30.9 Å². The van der Waals surface area contributed by atoms with E-state index in [4.69, 9.17) is 9.84 Å². The molecule has 0 saturated heterocycles. The van der Waals surface area contributed by atoms with Crippen LogP contribution in [0.3, 0.4) is 0 Å². The summed E-state index contributed by atoms with van der Waals surface area (Å²) < 4.78 is 33.6. The van der Waals surface area contributed by atoms with Crippen molar-refractivity contribution in [2.75, 3.05) is 12.9 Å². The predicted octanol–water partition coefficient (Wildman–Crippen LogP) is 2.97. The maximum Gasteiger partial charge on any atom is 0.295 e. The molecule has 0 fully saturated rings. The van der Waals surface area contributed by atoms with Gasteiger partial charge in [0.15, 0.2) is 22.5 Å². The van der Waals surface area contributed by atoms with Gasteiger partial charge in [0, 0.05) is 30.8 Å². The van der Waals surface area contributed by atoms with Gasteiger partial charge in [-0.3, -0.25) is 9.36 Å². The van der Waals surface area contributed by atoms with Crippen LogP contribution in [0.15, 0.2) is 40.4 Å². The third-order valence-corrected chi connectivity index (χ3v) is 4.17. The fourth-order valence-corrected chi connectivity index (χ4v) is 2.74. The van der Waals surface area contributed by atoms with Crippen molar-refractivity contribution in [1.29, 1.82) is 0 Å². The van der Waals surface area contributed by atoms with Crippen molar-refractivity contribution >= 4 is 22.8 Å². The lowest BCUT2D eigenvalue weighted by Crippen LogP contribution is -2.23. The van der Waals surface area contributed by atoms with Gasteiger partial charge in [0.2, 0.25) is 0 Å². The molecule has 0 aliphatic carbocycles. The van der Waals surface area contributed by atoms with E-state index in [1.54, 1.807) is 0 Å². The lowest BCUT2D eigenvalue weighted by Gasteiger charge is -2.13. The Hall–Kier alpha value is -2.52. The van der Waals surface area contributed by atoms with Gasteiger partial charge in [0.05, 0.1) is 0 Å². The first-order chi connectivity index (χ1) is 12.5. The molecule has 0 atom stereocenters. The van der Waals surface area contributed by atoms with Crippen LogP contribution in [0.4, 0.5) is 8.78 Å². The third kappa shape index (κ3) is 3.68. The minimum Gasteiger partial charge on any atom is -0.448 e. The Labute approximate surface area is 151 Å². The van der Waals surface area contributed by atoms with Gasteiger partial charge < -0.3 is 9.84 Å². The lowest BCUT2D eigenvalue weighted by atomic mass is 10.3. The summed E-state index contributed by atoms with van der Waals surface area (Å²) >= 11 is 1.33. The van der Waals surface area contributed by atoms with Crippen LogP contribution in [0.1, 0.15) is 6.42 Å². The molecule has 0 saturated carbocycles. The quantitative estimate of drug-likeness (QED) is 0.524. The maximum atomic E-state index is 13.8. The first-order valence-corrected chi connectivity index (χ1v) is 8.94. The molecule has 2 heterocycles. The summed E-state index contributed by atoms with van der Waals surface area (Å²) in [5.41, 5.74) is -0.129. The molecule has 0 unspecified atom stereocenters. The minimum absolute atomic E-state index is 0.105. The minimum atomic E-state index is -0.916. The Morgan fingerprint density at radius 3 is 2.77 bits per heavy atom. The van der Waals surface area contributed by atoms with Gasteiger partial charge >= 0.3 is 0 Å². The van der Waals surface area contributed by atoms with Crippen LogP contribution < -0.4 is 10.3 Å². The van der Waals surface area contributed by atoms with Crippen LogP contribution >= 0.6 is 11.8 Å². The first-order valence-electron chi connectivity index (χ1n) is 7.72. The Kier molecular flexibility index (Phi) is 5.48. The molecule has 0 amide bonds. The normalized spacial score (nSPS) is 11.1. The summed E-state index contributed by atoms with van der Waals surface area (Å²) in [4.78, 5) is 21.3. The lowest BCUT2D eigenvalue weighted by molar-refractivity contribution is 0.279. The second-order valence-corrected chi connectivity index (χ2v) is 6.13. The van der Waals surface area contributed by atoms with Crippen LogP contribution in [-0.2, 0) is 6.54 Å². The number of fused-ring (bicyclic) bond motifs is 1. The van der Waals surface area contributed by atoms with Crippen molar-refractivity contribution in [3.8, 4) is 11.5 Å². The SMILES string of the molecule is CSc1ncc2cc(Oc3ccc(F)cc3F)c(=O)n(CCCO)c2n1. The number of benzene rings is 1. The highest BCUT2D eigenvalue weighted by Gasteiger charge is 2.15. The molecular weight excluding hydrogens is 364 g/mol. The van der Waals surface area contributed by atoms with Crippen molar-refractivity contribution in [3.05, 3.63) is 52.5 Å². The smallest absolute Gasteiger partial charge is 0.295 e. The maximum absolute atomic E-state index is 13.8. The van der Waals surface area contributed by atoms with Gasteiger partial charge in [-0.1, -0.05) is 11.8 Å². The highest BCUT2D eigenvalue weighted by atomic mass is 32.2. The first kappa shape index (κ1) is 18.3. The Balaban J connectivity index is 2.13. The van der Waals surface area contributed by atoms with Gasteiger partial charge in [0.25, 0.3) is 5.56 Å². The van der Waals surface area contributed by atoms with Crippen LogP contribution in [0.2, 0.25) is 0 Å². The molecule has 0 bridgehead atoms. The Bertz CT molecular complexity index is 1010. The summed E-state index contributed by atoms with van der Waals surface area (Å²) in [6, 6.07) is 4.24. The van der Waals surface area contributed by atoms with Crippen LogP contribution in [0.25, 0.3) is 11.0 Å². The van der Waals surface area contributed by atoms with E-state index in [2.05, 4.69) is 9.97 Å². The van der Waals surface area contributed by atoms with E-state index >= 15 is 0 Å². The molecule has 1 N–H and O–H groups in total. The molecule has 9 heteroatoms. The van der Waals surface area contributed by atoms with E-state index in [1.807, 2.05) is 6.26 Å². The van der Waals surface area contributed by atoms with Crippen LogP contribution in [0.5, 0.6) is 11.5 Å². The second kappa shape index (κ2) is 7.79. The molecule has 3 aromatic rings. The van der Waals surface area contributed by atoms with Gasteiger partial charge in [0.1, 0.15) is 11.5 Å². The molecule has 2 aromatic heterocycles. The number of nitrogens with zero attached hydrogens (tertiary/aromatic N) is 3. The number of pyridine rings is 1. The van der Waals surface area contributed by atoms with Crippen LogP contribution in [-0.4, -0.2) is 32.5 Å². The number of aryl methyl sites for hydroxylation is 1. The van der Waals surface area contributed by atoms with Gasteiger partial charge in [-0.25, -0.2) is 18.7 Å². The summed E-state index contributed by atoms with van der Waals surface area (Å²) in [6.45, 7) is 0.103. The number of aliphatic hydroxyl groups is 1. The van der Waals surface area contributed by atoms with Crippen molar-refractivity contribution in [2.24, 2.45) is 0 Å². The van der Waals surface area contributed by atoms with E-state index in [-0.39, 0.29) is 24.7 Å². The molecule has 136 valence electrons. The second-order valence-electron chi connectivity index (χ2n) is 5.35. The summed E-state index contributed by atoms with van der Waals surface area (Å²) in [7, 11) is 0. The van der Waals surface area contributed by atoms with Crippen molar-refractivity contribution in [1.82, 2.24) is 14.5 Å². The van der Waals surface area contributed by atoms with E-state index in [0.29, 0.717) is 28.7 Å². The zero-order valence-electron chi connectivity index (χ0n) is 13.8. The fourth-order valence-electron chi connectivity index (χ4n) is 2.40. The highest BCUT2D eigenvalue weighted by molar-refractivity contribution is 7.98. The van der Waals surface area contributed by atoms with Gasteiger partial charge in [-0.2, -0.15) is 0 Å². The number of thioether (sulfide) groups is 1. The number of rotatable bonds is 6. The van der Waals surface area contributed by atoms with E-state index in [9.17, 15) is 13.6 Å². The van der Waals surface area contributed by atoms with E-state index in [1.165, 1.54) is 28.6 Å². The zero-order valence-corrected chi connectivity index (χ0v) is 14.6. The molecule has 6 nitrogen and oxygen atoms in total. The summed E-state index contributed by atoms with van der Waals surface area (Å²) in [6.07, 6.45) is 3.69. The molecule has 0 radical (unpaired) electrons. The number of hydrogen-bond donors (Lipinski definition) is 1. The van der Waals surface area contributed by atoms with E-state index < -0.39 is 17.2 Å². The van der Waals surface area contributed by atoms with Gasteiger partial charge in [-0.15, -0.1) is 0 Å². The van der Waals surface area contributed by atoms with Crippen LogP contribution in [0, 0.1) is 11.6 Å².